The lowest BCUT2D eigenvalue weighted by Gasteiger charge is -2.38. The van der Waals surface area contributed by atoms with Crippen LogP contribution in [0.2, 0.25) is 0 Å². The second-order valence-corrected chi connectivity index (χ2v) is 6.90. The molecule has 1 aliphatic rings. The molecule has 1 aromatic rings. The Balaban J connectivity index is 2.51. The van der Waals surface area contributed by atoms with Gasteiger partial charge in [0.25, 0.3) is 5.91 Å². The Morgan fingerprint density at radius 2 is 1.86 bits per heavy atom. The van der Waals surface area contributed by atoms with Gasteiger partial charge in [-0.05, 0) is 44.9 Å². The summed E-state index contributed by atoms with van der Waals surface area (Å²) >= 11 is 5.88. The standard InChI is InChI=1S/C17H22ClNO3/c1-9(2)16-17(21)19(10(3)4)13-8-12(15(20)11(5)18)6-7-14(13)22-16/h6-11,16H,1-5H3. The summed E-state index contributed by atoms with van der Waals surface area (Å²) in [6.45, 7) is 9.45. The van der Waals surface area contributed by atoms with Crippen molar-refractivity contribution < 1.29 is 14.3 Å². The highest BCUT2D eigenvalue weighted by Crippen LogP contribution is 2.38. The number of halogens is 1. The number of anilines is 1. The van der Waals surface area contributed by atoms with E-state index in [1.807, 2.05) is 27.7 Å². The summed E-state index contributed by atoms with van der Waals surface area (Å²) < 4.78 is 5.85. The van der Waals surface area contributed by atoms with Gasteiger partial charge in [0.05, 0.1) is 11.1 Å². The van der Waals surface area contributed by atoms with Crippen molar-refractivity contribution in [2.75, 3.05) is 4.90 Å². The maximum absolute atomic E-state index is 12.7. The first-order valence-corrected chi connectivity index (χ1v) is 7.99. The number of nitrogens with zero attached hydrogens (tertiary/aromatic N) is 1. The Morgan fingerprint density at radius 3 is 2.36 bits per heavy atom. The monoisotopic (exact) mass is 323 g/mol. The van der Waals surface area contributed by atoms with Crippen molar-refractivity contribution in [1.82, 2.24) is 0 Å². The van der Waals surface area contributed by atoms with Crippen LogP contribution in [0.15, 0.2) is 18.2 Å². The van der Waals surface area contributed by atoms with Gasteiger partial charge >= 0.3 is 0 Å². The number of ether oxygens (including phenoxy) is 1. The summed E-state index contributed by atoms with van der Waals surface area (Å²) in [6, 6.07) is 5.13. The van der Waals surface area contributed by atoms with Crippen molar-refractivity contribution in [3.8, 4) is 5.75 Å². The topological polar surface area (TPSA) is 46.6 Å². The Hall–Kier alpha value is -1.55. The maximum Gasteiger partial charge on any atom is 0.268 e. The first kappa shape index (κ1) is 16.8. The molecule has 2 atom stereocenters. The second-order valence-electron chi connectivity index (χ2n) is 6.25. The third kappa shape index (κ3) is 2.98. The molecule has 5 heteroatoms. The van der Waals surface area contributed by atoms with Crippen LogP contribution in [0.25, 0.3) is 0 Å². The molecular weight excluding hydrogens is 302 g/mol. The lowest BCUT2D eigenvalue weighted by Crippen LogP contribution is -2.51. The molecule has 1 amide bonds. The van der Waals surface area contributed by atoms with Gasteiger partial charge in [-0.15, -0.1) is 11.6 Å². The zero-order valence-corrected chi connectivity index (χ0v) is 14.3. The van der Waals surface area contributed by atoms with E-state index >= 15 is 0 Å². The van der Waals surface area contributed by atoms with Gasteiger partial charge in [0.1, 0.15) is 5.75 Å². The quantitative estimate of drug-likeness (QED) is 0.627. The van der Waals surface area contributed by atoms with E-state index in [9.17, 15) is 9.59 Å². The van der Waals surface area contributed by atoms with Crippen LogP contribution >= 0.6 is 11.6 Å². The molecule has 2 unspecified atom stereocenters. The molecule has 0 aliphatic carbocycles. The van der Waals surface area contributed by atoms with Crippen molar-refractivity contribution in [2.24, 2.45) is 5.92 Å². The summed E-state index contributed by atoms with van der Waals surface area (Å²) in [7, 11) is 0. The molecule has 2 rings (SSSR count). The van der Waals surface area contributed by atoms with Gasteiger partial charge in [-0.3, -0.25) is 9.59 Å². The molecule has 0 saturated carbocycles. The van der Waals surface area contributed by atoms with E-state index in [0.717, 1.165) is 0 Å². The summed E-state index contributed by atoms with van der Waals surface area (Å²) in [6.07, 6.45) is -0.497. The number of hydrogen-bond donors (Lipinski definition) is 0. The fourth-order valence-electron chi connectivity index (χ4n) is 2.59. The molecule has 4 nitrogen and oxygen atoms in total. The highest BCUT2D eigenvalue weighted by molar-refractivity contribution is 6.33. The van der Waals surface area contributed by atoms with Gasteiger partial charge in [-0.2, -0.15) is 0 Å². The Bertz CT molecular complexity index is 596. The average molecular weight is 324 g/mol. The smallest absolute Gasteiger partial charge is 0.268 e. The van der Waals surface area contributed by atoms with Crippen LogP contribution in [0.4, 0.5) is 5.69 Å². The van der Waals surface area contributed by atoms with Gasteiger partial charge < -0.3 is 9.64 Å². The largest absolute Gasteiger partial charge is 0.478 e. The van der Waals surface area contributed by atoms with Gasteiger partial charge in [0, 0.05) is 11.6 Å². The van der Waals surface area contributed by atoms with Crippen molar-refractivity contribution in [3.05, 3.63) is 23.8 Å². The van der Waals surface area contributed by atoms with Gasteiger partial charge in [-0.25, -0.2) is 0 Å². The van der Waals surface area contributed by atoms with E-state index in [1.165, 1.54) is 0 Å². The van der Waals surface area contributed by atoms with E-state index in [-0.39, 0.29) is 23.7 Å². The van der Waals surface area contributed by atoms with Crippen LogP contribution in [-0.4, -0.2) is 29.2 Å². The van der Waals surface area contributed by atoms with E-state index in [1.54, 1.807) is 30.0 Å². The summed E-state index contributed by atoms with van der Waals surface area (Å²) in [5.41, 5.74) is 1.13. The van der Waals surface area contributed by atoms with Crippen molar-refractivity contribution in [3.63, 3.8) is 0 Å². The van der Waals surface area contributed by atoms with Crippen LogP contribution < -0.4 is 9.64 Å². The minimum Gasteiger partial charge on any atom is -0.478 e. The molecule has 1 aromatic carbocycles. The number of carbonyl (C=O) groups is 2. The van der Waals surface area contributed by atoms with Crippen LogP contribution in [0.3, 0.4) is 0 Å². The van der Waals surface area contributed by atoms with Crippen LogP contribution in [0.1, 0.15) is 45.0 Å². The zero-order valence-electron chi connectivity index (χ0n) is 13.6. The van der Waals surface area contributed by atoms with E-state index in [2.05, 4.69) is 0 Å². The summed E-state index contributed by atoms with van der Waals surface area (Å²) in [5, 5.41) is -0.603. The molecule has 120 valence electrons. The molecule has 0 N–H and O–H groups in total. The van der Waals surface area contributed by atoms with Crippen molar-refractivity contribution in [1.29, 1.82) is 0 Å². The maximum atomic E-state index is 12.7. The summed E-state index contributed by atoms with van der Waals surface area (Å²) in [5.74, 6) is 0.476. The third-order valence-electron chi connectivity index (χ3n) is 3.72. The second kappa shape index (κ2) is 6.29. The van der Waals surface area contributed by atoms with E-state index < -0.39 is 11.5 Å². The van der Waals surface area contributed by atoms with Crippen molar-refractivity contribution in [2.45, 2.75) is 52.1 Å². The fourth-order valence-corrected chi connectivity index (χ4v) is 2.71. The first-order chi connectivity index (χ1) is 10.2. The first-order valence-electron chi connectivity index (χ1n) is 7.56. The highest BCUT2D eigenvalue weighted by Gasteiger charge is 2.37. The summed E-state index contributed by atoms with van der Waals surface area (Å²) in [4.78, 5) is 26.5. The Morgan fingerprint density at radius 1 is 1.23 bits per heavy atom. The minimum absolute atomic E-state index is 0.0184. The van der Waals surface area contributed by atoms with Crippen LogP contribution in [0, 0.1) is 5.92 Å². The molecule has 0 radical (unpaired) electrons. The number of amides is 1. The Kier molecular flexibility index (Phi) is 4.81. The number of hydrogen-bond acceptors (Lipinski definition) is 3. The predicted molar refractivity (Wildman–Crippen MR) is 88.0 cm³/mol. The number of Topliss-reactive ketones (excluding diaryl/α,β-unsaturated/α-hetero) is 1. The normalized spacial score (nSPS) is 19.2. The number of ketones is 1. The zero-order chi connectivity index (χ0) is 16.6. The highest BCUT2D eigenvalue weighted by atomic mass is 35.5. The SMILES string of the molecule is CC(Cl)C(=O)c1ccc2c(c1)N(C(C)C)C(=O)C(C(C)C)O2. The van der Waals surface area contributed by atoms with Crippen LogP contribution in [-0.2, 0) is 4.79 Å². The molecule has 0 spiro atoms. The molecule has 0 bridgehead atoms. The molecule has 0 fully saturated rings. The molecule has 1 aliphatic heterocycles. The lowest BCUT2D eigenvalue weighted by atomic mass is 10.00. The van der Waals surface area contributed by atoms with Gasteiger partial charge in [0.15, 0.2) is 11.9 Å². The number of alkyl halides is 1. The van der Waals surface area contributed by atoms with Gasteiger partial charge in [0.2, 0.25) is 0 Å². The van der Waals surface area contributed by atoms with Crippen LogP contribution in [0.5, 0.6) is 5.75 Å². The molecule has 1 heterocycles. The molecular formula is C17H22ClNO3. The molecule has 0 aromatic heterocycles. The van der Waals surface area contributed by atoms with Crippen molar-refractivity contribution >= 4 is 29.0 Å². The average Bonchev–Trinajstić information content (AvgIpc) is 2.44. The Labute approximate surface area is 136 Å². The lowest BCUT2D eigenvalue weighted by molar-refractivity contribution is -0.128. The molecule has 0 saturated heterocycles. The number of benzene rings is 1. The number of carbonyl (C=O) groups excluding carboxylic acids is 2. The third-order valence-corrected chi connectivity index (χ3v) is 3.92. The number of rotatable bonds is 4. The fraction of sp³-hybridized carbons (Fsp3) is 0.529. The van der Waals surface area contributed by atoms with Gasteiger partial charge in [-0.1, -0.05) is 13.8 Å². The minimum atomic E-state index is -0.603. The predicted octanol–water partition coefficient (Wildman–Crippen LogP) is 3.66. The van der Waals surface area contributed by atoms with E-state index in [0.29, 0.717) is 17.0 Å². The molecule has 22 heavy (non-hydrogen) atoms. The van der Waals surface area contributed by atoms with E-state index in [4.69, 9.17) is 16.3 Å². The number of fused-ring (bicyclic) bond motifs is 1.